The third-order valence-electron chi connectivity index (χ3n) is 6.17. The molecule has 2 heterocycles. The summed E-state index contributed by atoms with van der Waals surface area (Å²) in [4.78, 5) is 43.1. The number of benzene rings is 2. The second-order valence-electron chi connectivity index (χ2n) is 8.43. The van der Waals surface area contributed by atoms with Gasteiger partial charge in [0.15, 0.2) is 6.61 Å². The van der Waals surface area contributed by atoms with Crippen LogP contribution in [0.4, 0.5) is 0 Å². The fraction of sp³-hybridized carbons (Fsp3) is 0.400. The standard InChI is InChI=1S/C25H29N3O4/c1-19-6-5-9-22(16-19)32-18-23(29)26-12-10-21(11-13-26)28-15-14-27(24(30)25(28)31)17-20-7-3-2-4-8-20/h2-9,16,21H,10-15,17-18H2,1H3. The van der Waals surface area contributed by atoms with Crippen LogP contribution >= 0.6 is 0 Å². The van der Waals surface area contributed by atoms with E-state index in [-0.39, 0.29) is 18.6 Å². The monoisotopic (exact) mass is 435 g/mol. The smallest absolute Gasteiger partial charge is 0.312 e. The minimum absolute atomic E-state index is 0.00367. The Balaban J connectivity index is 1.25. The number of piperidine rings is 1. The second kappa shape index (κ2) is 9.85. The van der Waals surface area contributed by atoms with Crippen LogP contribution in [0, 0.1) is 6.92 Å². The van der Waals surface area contributed by atoms with Gasteiger partial charge in [-0.1, -0.05) is 42.5 Å². The first-order valence-electron chi connectivity index (χ1n) is 11.1. The average molecular weight is 436 g/mol. The van der Waals surface area contributed by atoms with E-state index in [2.05, 4.69) is 0 Å². The molecule has 0 radical (unpaired) electrons. The van der Waals surface area contributed by atoms with E-state index in [1.807, 2.05) is 61.5 Å². The summed E-state index contributed by atoms with van der Waals surface area (Å²) in [5.74, 6) is -0.240. The van der Waals surface area contributed by atoms with Gasteiger partial charge in [-0.15, -0.1) is 0 Å². The first-order chi connectivity index (χ1) is 15.5. The van der Waals surface area contributed by atoms with Gasteiger partial charge in [0.2, 0.25) is 0 Å². The van der Waals surface area contributed by atoms with Gasteiger partial charge >= 0.3 is 11.8 Å². The highest BCUT2D eigenvalue weighted by molar-refractivity contribution is 6.35. The Bertz CT molecular complexity index is 970. The number of likely N-dealkylation sites (tertiary alicyclic amines) is 1. The second-order valence-corrected chi connectivity index (χ2v) is 8.43. The summed E-state index contributed by atoms with van der Waals surface area (Å²) in [5, 5.41) is 0. The predicted molar refractivity (Wildman–Crippen MR) is 120 cm³/mol. The van der Waals surface area contributed by atoms with Crippen molar-refractivity contribution in [1.29, 1.82) is 0 Å². The van der Waals surface area contributed by atoms with Crippen LogP contribution in [0.2, 0.25) is 0 Å². The van der Waals surface area contributed by atoms with Crippen LogP contribution in [-0.4, -0.2) is 71.2 Å². The van der Waals surface area contributed by atoms with Gasteiger partial charge in [0, 0.05) is 38.8 Å². The Kier molecular flexibility index (Phi) is 6.73. The molecule has 2 aliphatic heterocycles. The normalized spacial score (nSPS) is 17.6. The van der Waals surface area contributed by atoms with E-state index in [1.165, 1.54) is 0 Å². The maximum absolute atomic E-state index is 12.8. The highest BCUT2D eigenvalue weighted by Crippen LogP contribution is 2.21. The van der Waals surface area contributed by atoms with Gasteiger partial charge in [-0.2, -0.15) is 0 Å². The van der Waals surface area contributed by atoms with Gasteiger partial charge in [-0.05, 0) is 43.0 Å². The molecule has 168 valence electrons. The molecule has 0 aromatic heterocycles. The molecule has 32 heavy (non-hydrogen) atoms. The van der Waals surface area contributed by atoms with E-state index in [1.54, 1.807) is 14.7 Å². The van der Waals surface area contributed by atoms with Crippen LogP contribution in [0.25, 0.3) is 0 Å². The van der Waals surface area contributed by atoms with E-state index >= 15 is 0 Å². The van der Waals surface area contributed by atoms with Crippen molar-refractivity contribution in [3.05, 3.63) is 65.7 Å². The lowest BCUT2D eigenvalue weighted by Crippen LogP contribution is -2.59. The van der Waals surface area contributed by atoms with E-state index in [0.29, 0.717) is 51.3 Å². The quantitative estimate of drug-likeness (QED) is 0.653. The van der Waals surface area contributed by atoms with E-state index in [0.717, 1.165) is 11.1 Å². The Morgan fingerprint density at radius 2 is 1.69 bits per heavy atom. The molecule has 2 aromatic rings. The average Bonchev–Trinajstić information content (AvgIpc) is 2.81. The zero-order chi connectivity index (χ0) is 22.5. The number of hydrogen-bond donors (Lipinski definition) is 0. The van der Waals surface area contributed by atoms with E-state index in [4.69, 9.17) is 4.74 Å². The number of piperazine rings is 1. The van der Waals surface area contributed by atoms with Crippen molar-refractivity contribution in [3.63, 3.8) is 0 Å². The lowest BCUT2D eigenvalue weighted by molar-refractivity contribution is -0.159. The maximum Gasteiger partial charge on any atom is 0.312 e. The predicted octanol–water partition coefficient (Wildman–Crippen LogP) is 2.24. The number of rotatable bonds is 6. The molecular formula is C25H29N3O4. The summed E-state index contributed by atoms with van der Waals surface area (Å²) in [6.45, 7) is 4.62. The minimum atomic E-state index is -0.440. The van der Waals surface area contributed by atoms with Crippen molar-refractivity contribution >= 4 is 17.7 Å². The summed E-state index contributed by atoms with van der Waals surface area (Å²) < 4.78 is 5.63. The minimum Gasteiger partial charge on any atom is -0.484 e. The van der Waals surface area contributed by atoms with Crippen molar-refractivity contribution in [3.8, 4) is 5.75 Å². The highest BCUT2D eigenvalue weighted by Gasteiger charge is 2.37. The van der Waals surface area contributed by atoms with Crippen LogP contribution in [0.1, 0.15) is 24.0 Å². The first kappa shape index (κ1) is 21.9. The first-order valence-corrected chi connectivity index (χ1v) is 11.1. The van der Waals surface area contributed by atoms with Crippen molar-refractivity contribution in [2.75, 3.05) is 32.8 Å². The van der Waals surface area contributed by atoms with Gasteiger partial charge in [0.25, 0.3) is 5.91 Å². The fourth-order valence-electron chi connectivity index (χ4n) is 4.36. The van der Waals surface area contributed by atoms with Crippen molar-refractivity contribution < 1.29 is 19.1 Å². The van der Waals surface area contributed by atoms with Crippen LogP contribution in [-0.2, 0) is 20.9 Å². The third kappa shape index (κ3) is 5.10. The summed E-state index contributed by atoms with van der Waals surface area (Å²) in [6, 6.07) is 17.3. The maximum atomic E-state index is 12.8. The number of amides is 3. The third-order valence-corrected chi connectivity index (χ3v) is 6.17. The molecule has 2 saturated heterocycles. The molecule has 0 bridgehead atoms. The molecule has 0 atom stereocenters. The van der Waals surface area contributed by atoms with Crippen molar-refractivity contribution in [2.24, 2.45) is 0 Å². The zero-order valence-corrected chi connectivity index (χ0v) is 18.4. The molecule has 2 aliphatic rings. The van der Waals surface area contributed by atoms with Gasteiger partial charge < -0.3 is 19.4 Å². The number of aryl methyl sites for hydroxylation is 1. The van der Waals surface area contributed by atoms with Gasteiger partial charge in [0.05, 0.1) is 0 Å². The number of carbonyl (C=O) groups is 3. The van der Waals surface area contributed by atoms with Gasteiger partial charge in [-0.25, -0.2) is 0 Å². The lowest BCUT2D eigenvalue weighted by atomic mass is 10.0. The molecule has 0 N–H and O–H groups in total. The lowest BCUT2D eigenvalue weighted by Gasteiger charge is -2.42. The molecule has 3 amide bonds. The fourth-order valence-corrected chi connectivity index (χ4v) is 4.36. The Morgan fingerprint density at radius 3 is 2.41 bits per heavy atom. The molecule has 4 rings (SSSR count). The summed E-state index contributed by atoms with van der Waals surface area (Å²) in [5.41, 5.74) is 2.10. The van der Waals surface area contributed by atoms with Crippen LogP contribution < -0.4 is 4.74 Å². The topological polar surface area (TPSA) is 70.2 Å². The van der Waals surface area contributed by atoms with Crippen LogP contribution in [0.5, 0.6) is 5.75 Å². The number of nitrogens with zero attached hydrogens (tertiary/aromatic N) is 3. The molecule has 0 spiro atoms. The summed E-state index contributed by atoms with van der Waals surface area (Å²) >= 11 is 0. The molecule has 0 saturated carbocycles. The Morgan fingerprint density at radius 1 is 0.938 bits per heavy atom. The molecule has 0 aliphatic carbocycles. The van der Waals surface area contributed by atoms with Crippen molar-refractivity contribution in [2.45, 2.75) is 32.4 Å². The Hall–Kier alpha value is -3.35. The number of hydrogen-bond acceptors (Lipinski definition) is 4. The molecule has 7 nitrogen and oxygen atoms in total. The zero-order valence-electron chi connectivity index (χ0n) is 18.4. The summed E-state index contributed by atoms with van der Waals surface area (Å²) in [6.07, 6.45) is 1.35. The van der Waals surface area contributed by atoms with Crippen LogP contribution in [0.15, 0.2) is 54.6 Å². The van der Waals surface area contributed by atoms with Crippen LogP contribution in [0.3, 0.4) is 0 Å². The summed E-state index contributed by atoms with van der Waals surface area (Å²) in [7, 11) is 0. The molecular weight excluding hydrogens is 406 g/mol. The molecule has 7 heteroatoms. The molecule has 0 unspecified atom stereocenters. The van der Waals surface area contributed by atoms with E-state index in [9.17, 15) is 14.4 Å². The van der Waals surface area contributed by atoms with Crippen molar-refractivity contribution in [1.82, 2.24) is 14.7 Å². The van der Waals surface area contributed by atoms with E-state index < -0.39 is 11.8 Å². The number of carbonyl (C=O) groups excluding carboxylic acids is 3. The van der Waals surface area contributed by atoms with Gasteiger partial charge in [-0.3, -0.25) is 14.4 Å². The molecule has 2 fully saturated rings. The highest BCUT2D eigenvalue weighted by atomic mass is 16.5. The Labute approximate surface area is 188 Å². The van der Waals surface area contributed by atoms with Gasteiger partial charge in [0.1, 0.15) is 5.75 Å². The molecule has 2 aromatic carbocycles. The SMILES string of the molecule is Cc1cccc(OCC(=O)N2CCC(N3CCN(Cc4ccccc4)C(=O)C3=O)CC2)c1. The largest absolute Gasteiger partial charge is 0.484 e. The number of ether oxygens (including phenoxy) is 1.